The summed E-state index contributed by atoms with van der Waals surface area (Å²) >= 11 is 0. The molecule has 1 aromatic rings. The molecule has 0 aliphatic carbocycles. The van der Waals surface area contributed by atoms with Gasteiger partial charge < -0.3 is 10.2 Å². The van der Waals surface area contributed by atoms with E-state index in [-0.39, 0.29) is 16.2 Å². The van der Waals surface area contributed by atoms with Crippen LogP contribution in [0.3, 0.4) is 0 Å². The van der Waals surface area contributed by atoms with Crippen LogP contribution in [0, 0.1) is 0 Å². The molecule has 0 fully saturated rings. The highest BCUT2D eigenvalue weighted by molar-refractivity contribution is 7.89. The average molecular weight is 301 g/mol. The quantitative estimate of drug-likeness (QED) is 0.636. The summed E-state index contributed by atoms with van der Waals surface area (Å²) in [6.07, 6.45) is -1.40. The van der Waals surface area contributed by atoms with Crippen LogP contribution in [0.5, 0.6) is 0 Å². The first kappa shape index (κ1) is 16.3. The van der Waals surface area contributed by atoms with E-state index in [9.17, 15) is 23.1 Å². The summed E-state index contributed by atoms with van der Waals surface area (Å²) in [5, 5.41) is 18.1. The van der Waals surface area contributed by atoms with E-state index in [0.717, 1.165) is 13.0 Å². The lowest BCUT2D eigenvalue weighted by molar-refractivity contribution is -0.141. The van der Waals surface area contributed by atoms with Gasteiger partial charge >= 0.3 is 5.97 Å². The first-order valence-electron chi connectivity index (χ1n) is 5.69. The number of hydrogen-bond acceptors (Lipinski definition) is 5. The van der Waals surface area contributed by atoms with Crippen LogP contribution in [0.25, 0.3) is 0 Å². The van der Waals surface area contributed by atoms with Crippen molar-refractivity contribution in [2.24, 2.45) is 0 Å². The minimum Gasteiger partial charge on any atom is -0.480 e. The van der Waals surface area contributed by atoms with Crippen LogP contribution < -0.4 is 4.72 Å². The molecule has 1 aromatic carbocycles. The van der Waals surface area contributed by atoms with E-state index in [1.54, 1.807) is 0 Å². The van der Waals surface area contributed by atoms with Crippen molar-refractivity contribution in [1.82, 2.24) is 4.72 Å². The summed E-state index contributed by atoms with van der Waals surface area (Å²) < 4.78 is 25.9. The van der Waals surface area contributed by atoms with Crippen molar-refractivity contribution in [1.29, 1.82) is 0 Å². The van der Waals surface area contributed by atoms with Gasteiger partial charge in [0.1, 0.15) is 6.04 Å². The number of carboxylic acids is 1. The standard InChI is InChI=1S/C12H15NO6S/c1-7(14)9-4-3-5-10(6-9)20(18,19)13-11(8(2)15)12(16)17/h3-6,8,11,13,15H,1-2H3,(H,16,17). The lowest BCUT2D eigenvalue weighted by atomic mass is 10.2. The predicted molar refractivity (Wildman–Crippen MR) is 69.9 cm³/mol. The van der Waals surface area contributed by atoms with E-state index in [0.29, 0.717) is 0 Å². The first-order valence-corrected chi connectivity index (χ1v) is 7.17. The third-order valence-electron chi connectivity index (χ3n) is 2.58. The maximum Gasteiger partial charge on any atom is 0.324 e. The number of sulfonamides is 1. The lowest BCUT2D eigenvalue weighted by Crippen LogP contribution is -2.47. The highest BCUT2D eigenvalue weighted by atomic mass is 32.2. The lowest BCUT2D eigenvalue weighted by Gasteiger charge is -2.17. The van der Waals surface area contributed by atoms with E-state index >= 15 is 0 Å². The summed E-state index contributed by atoms with van der Waals surface area (Å²) in [6.45, 7) is 2.45. The van der Waals surface area contributed by atoms with Gasteiger partial charge in [-0.25, -0.2) is 8.42 Å². The Morgan fingerprint density at radius 3 is 2.35 bits per heavy atom. The molecular formula is C12H15NO6S. The Kier molecular flexibility index (Phi) is 4.98. The van der Waals surface area contributed by atoms with Crippen LogP contribution in [-0.2, 0) is 14.8 Å². The number of Topliss-reactive ketones (excluding diaryl/α,β-unsaturated/α-hetero) is 1. The van der Waals surface area contributed by atoms with E-state index < -0.39 is 28.1 Å². The van der Waals surface area contributed by atoms with Gasteiger partial charge in [-0.3, -0.25) is 9.59 Å². The topological polar surface area (TPSA) is 121 Å². The number of aliphatic carboxylic acids is 1. The Bertz CT molecular complexity index is 623. The molecule has 0 aliphatic heterocycles. The molecule has 0 spiro atoms. The van der Waals surface area contributed by atoms with E-state index in [4.69, 9.17) is 5.11 Å². The van der Waals surface area contributed by atoms with E-state index in [1.807, 2.05) is 4.72 Å². The Morgan fingerprint density at radius 2 is 1.90 bits per heavy atom. The number of hydrogen-bond donors (Lipinski definition) is 3. The van der Waals surface area contributed by atoms with Crippen LogP contribution in [0.1, 0.15) is 24.2 Å². The Morgan fingerprint density at radius 1 is 1.30 bits per heavy atom. The number of ketones is 1. The second kappa shape index (κ2) is 6.12. The van der Waals surface area contributed by atoms with Gasteiger partial charge in [-0.15, -0.1) is 0 Å². The summed E-state index contributed by atoms with van der Waals surface area (Å²) in [5.41, 5.74) is 0.191. The van der Waals surface area contributed by atoms with Crippen LogP contribution in [-0.4, -0.2) is 42.5 Å². The van der Waals surface area contributed by atoms with Gasteiger partial charge in [-0.1, -0.05) is 12.1 Å². The second-order valence-electron chi connectivity index (χ2n) is 4.26. The fourth-order valence-electron chi connectivity index (χ4n) is 1.47. The zero-order valence-electron chi connectivity index (χ0n) is 10.9. The van der Waals surface area contributed by atoms with Crippen LogP contribution >= 0.6 is 0 Å². The van der Waals surface area contributed by atoms with Crippen molar-refractivity contribution in [3.05, 3.63) is 29.8 Å². The molecule has 0 radical (unpaired) electrons. The molecule has 0 amide bonds. The third kappa shape index (κ3) is 3.86. The molecule has 20 heavy (non-hydrogen) atoms. The zero-order chi connectivity index (χ0) is 15.5. The largest absolute Gasteiger partial charge is 0.480 e. The highest BCUT2D eigenvalue weighted by Crippen LogP contribution is 2.13. The van der Waals surface area contributed by atoms with Gasteiger partial charge in [0.2, 0.25) is 10.0 Å². The van der Waals surface area contributed by atoms with Gasteiger partial charge in [-0.2, -0.15) is 4.72 Å². The molecule has 0 bridgehead atoms. The molecule has 0 saturated carbocycles. The molecule has 1 rings (SSSR count). The van der Waals surface area contributed by atoms with Crippen LogP contribution in [0.2, 0.25) is 0 Å². The summed E-state index contributed by atoms with van der Waals surface area (Å²) in [7, 11) is -4.15. The maximum atomic E-state index is 12.0. The first-order chi connectivity index (χ1) is 9.15. The molecule has 2 atom stereocenters. The number of nitrogens with one attached hydrogen (secondary N) is 1. The Labute approximate surface area is 116 Å². The number of rotatable bonds is 6. The molecular weight excluding hydrogens is 286 g/mol. The number of carboxylic acid groups (broad SMARTS) is 1. The van der Waals surface area contributed by atoms with Crippen LogP contribution in [0.4, 0.5) is 0 Å². The summed E-state index contributed by atoms with van der Waals surface area (Å²) in [5.74, 6) is -1.81. The normalized spacial score (nSPS) is 14.6. The maximum absolute atomic E-state index is 12.0. The van der Waals surface area contributed by atoms with Gasteiger partial charge in [0.25, 0.3) is 0 Å². The fraction of sp³-hybridized carbons (Fsp3) is 0.333. The number of carbonyl (C=O) groups excluding carboxylic acids is 1. The molecule has 2 unspecified atom stereocenters. The fourth-order valence-corrected chi connectivity index (χ4v) is 2.78. The molecule has 8 heteroatoms. The third-order valence-corrected chi connectivity index (χ3v) is 4.02. The number of benzene rings is 1. The van der Waals surface area contributed by atoms with Crippen molar-refractivity contribution >= 4 is 21.8 Å². The number of carbonyl (C=O) groups is 2. The molecule has 7 nitrogen and oxygen atoms in total. The smallest absolute Gasteiger partial charge is 0.324 e. The minimum absolute atomic E-state index is 0.191. The minimum atomic E-state index is -4.15. The van der Waals surface area contributed by atoms with E-state index in [1.165, 1.54) is 25.1 Å². The van der Waals surface area contributed by atoms with Crippen molar-refractivity contribution in [3.63, 3.8) is 0 Å². The molecule has 0 aliphatic rings. The van der Waals surface area contributed by atoms with Gasteiger partial charge in [0, 0.05) is 5.56 Å². The Balaban J connectivity index is 3.14. The Hall–Kier alpha value is -1.77. The van der Waals surface area contributed by atoms with Crippen molar-refractivity contribution in [3.8, 4) is 0 Å². The van der Waals surface area contributed by atoms with Gasteiger partial charge in [0.05, 0.1) is 11.0 Å². The van der Waals surface area contributed by atoms with Gasteiger partial charge in [-0.05, 0) is 26.0 Å². The summed E-state index contributed by atoms with van der Waals surface area (Å²) in [4.78, 5) is 21.9. The van der Waals surface area contributed by atoms with Crippen molar-refractivity contribution in [2.45, 2.75) is 30.9 Å². The highest BCUT2D eigenvalue weighted by Gasteiger charge is 2.29. The monoisotopic (exact) mass is 301 g/mol. The molecule has 0 saturated heterocycles. The molecule has 0 aromatic heterocycles. The van der Waals surface area contributed by atoms with Gasteiger partial charge in [0.15, 0.2) is 5.78 Å². The SMILES string of the molecule is CC(=O)c1cccc(S(=O)(=O)NC(C(=O)O)C(C)O)c1. The van der Waals surface area contributed by atoms with Crippen molar-refractivity contribution in [2.75, 3.05) is 0 Å². The van der Waals surface area contributed by atoms with E-state index in [2.05, 4.69) is 0 Å². The summed E-state index contributed by atoms with van der Waals surface area (Å²) in [6, 6.07) is 3.54. The molecule has 0 heterocycles. The molecule has 110 valence electrons. The zero-order valence-corrected chi connectivity index (χ0v) is 11.7. The van der Waals surface area contributed by atoms with Crippen LogP contribution in [0.15, 0.2) is 29.2 Å². The predicted octanol–water partition coefficient (Wildman–Crippen LogP) is 0.00150. The molecule has 3 N–H and O–H groups in total. The van der Waals surface area contributed by atoms with Crippen molar-refractivity contribution < 1.29 is 28.2 Å². The number of aliphatic hydroxyl groups is 1. The second-order valence-corrected chi connectivity index (χ2v) is 5.98. The number of aliphatic hydroxyl groups excluding tert-OH is 1. The average Bonchev–Trinajstić information content (AvgIpc) is 2.35.